The van der Waals surface area contributed by atoms with E-state index in [9.17, 15) is 4.79 Å². The van der Waals surface area contributed by atoms with Gasteiger partial charge in [0.25, 0.3) is 0 Å². The SMILES string of the molecule is C=CCN1C(=O)CS/C1=N/N=C\c1cccc(Cl)c1. The monoisotopic (exact) mass is 293 g/mol. The summed E-state index contributed by atoms with van der Waals surface area (Å²) in [5.41, 5.74) is 0.862. The van der Waals surface area contributed by atoms with E-state index in [1.807, 2.05) is 12.1 Å². The van der Waals surface area contributed by atoms with Crippen LogP contribution in [-0.2, 0) is 4.79 Å². The molecule has 0 saturated carbocycles. The molecule has 0 radical (unpaired) electrons. The molecular formula is C13H12ClN3OS. The number of amides is 1. The summed E-state index contributed by atoms with van der Waals surface area (Å²) < 4.78 is 0. The molecule has 1 aromatic rings. The Balaban J connectivity index is 2.09. The smallest absolute Gasteiger partial charge is 0.239 e. The molecule has 0 spiro atoms. The minimum atomic E-state index is 0.0293. The van der Waals surface area contributed by atoms with Crippen LogP contribution in [0.2, 0.25) is 5.02 Å². The van der Waals surface area contributed by atoms with Gasteiger partial charge in [0.1, 0.15) is 0 Å². The van der Waals surface area contributed by atoms with Crippen LogP contribution in [0.3, 0.4) is 0 Å². The highest BCUT2D eigenvalue weighted by molar-refractivity contribution is 8.15. The van der Waals surface area contributed by atoms with Gasteiger partial charge in [0.05, 0.1) is 12.0 Å². The second-order valence-electron chi connectivity index (χ2n) is 3.76. The zero-order valence-electron chi connectivity index (χ0n) is 10.1. The van der Waals surface area contributed by atoms with Gasteiger partial charge in [-0.15, -0.1) is 11.7 Å². The Morgan fingerprint density at radius 1 is 1.53 bits per heavy atom. The zero-order chi connectivity index (χ0) is 13.7. The average Bonchev–Trinajstić information content (AvgIpc) is 2.72. The molecule has 6 heteroatoms. The largest absolute Gasteiger partial charge is 0.285 e. The maximum Gasteiger partial charge on any atom is 0.239 e. The van der Waals surface area contributed by atoms with Crippen molar-refractivity contribution in [1.29, 1.82) is 0 Å². The Morgan fingerprint density at radius 3 is 3.11 bits per heavy atom. The van der Waals surface area contributed by atoms with Gasteiger partial charge >= 0.3 is 0 Å². The summed E-state index contributed by atoms with van der Waals surface area (Å²) in [6.07, 6.45) is 3.27. The summed E-state index contributed by atoms with van der Waals surface area (Å²) in [4.78, 5) is 13.1. The Hall–Kier alpha value is -1.59. The molecule has 19 heavy (non-hydrogen) atoms. The Morgan fingerprint density at radius 2 is 2.37 bits per heavy atom. The van der Waals surface area contributed by atoms with Crippen LogP contribution in [0, 0.1) is 0 Å². The van der Waals surface area contributed by atoms with Crippen molar-refractivity contribution in [3.63, 3.8) is 0 Å². The number of nitrogens with zero attached hydrogens (tertiary/aromatic N) is 3. The van der Waals surface area contributed by atoms with Crippen molar-refractivity contribution in [3.8, 4) is 0 Å². The van der Waals surface area contributed by atoms with Gasteiger partial charge in [0.2, 0.25) is 5.91 Å². The molecule has 1 aromatic carbocycles. The van der Waals surface area contributed by atoms with E-state index in [0.29, 0.717) is 22.5 Å². The third-order valence-electron chi connectivity index (χ3n) is 2.37. The summed E-state index contributed by atoms with van der Waals surface area (Å²) in [6, 6.07) is 7.31. The van der Waals surface area contributed by atoms with E-state index < -0.39 is 0 Å². The summed E-state index contributed by atoms with van der Waals surface area (Å²) in [5, 5.41) is 9.30. The topological polar surface area (TPSA) is 45.0 Å². The number of thioether (sulfide) groups is 1. The molecule has 0 aromatic heterocycles. The van der Waals surface area contributed by atoms with Crippen LogP contribution in [0.4, 0.5) is 0 Å². The lowest BCUT2D eigenvalue weighted by Gasteiger charge is -2.11. The standard InChI is InChI=1S/C13H12ClN3OS/c1-2-6-17-12(18)9-19-13(17)16-15-8-10-4-3-5-11(14)7-10/h2-5,7-8H,1,6,9H2/b15-8-,16-13+. The first-order valence-corrected chi connectivity index (χ1v) is 6.97. The van der Waals surface area contributed by atoms with Crippen LogP contribution in [0.25, 0.3) is 0 Å². The molecule has 2 rings (SSSR count). The van der Waals surface area contributed by atoms with Crippen molar-refractivity contribution in [3.05, 3.63) is 47.5 Å². The molecule has 98 valence electrons. The number of hydrogen-bond acceptors (Lipinski definition) is 4. The Labute approximate surface area is 120 Å². The maximum absolute atomic E-state index is 11.6. The number of benzene rings is 1. The second kappa shape index (κ2) is 6.54. The molecule has 1 heterocycles. The summed E-state index contributed by atoms with van der Waals surface area (Å²) in [7, 11) is 0. The van der Waals surface area contributed by atoms with Crippen LogP contribution in [0.15, 0.2) is 47.1 Å². The fraction of sp³-hybridized carbons (Fsp3) is 0.154. The molecular weight excluding hydrogens is 282 g/mol. The average molecular weight is 294 g/mol. The van der Waals surface area contributed by atoms with E-state index in [2.05, 4.69) is 16.8 Å². The maximum atomic E-state index is 11.6. The first-order valence-electron chi connectivity index (χ1n) is 5.61. The second-order valence-corrected chi connectivity index (χ2v) is 5.14. The van der Waals surface area contributed by atoms with Crippen molar-refractivity contribution in [2.24, 2.45) is 10.2 Å². The Kier molecular flexibility index (Phi) is 4.76. The number of carbonyl (C=O) groups excluding carboxylic acids is 1. The van der Waals surface area contributed by atoms with E-state index in [1.165, 1.54) is 11.8 Å². The van der Waals surface area contributed by atoms with Gasteiger partial charge in [-0.3, -0.25) is 9.69 Å². The van der Waals surface area contributed by atoms with Crippen molar-refractivity contribution >= 4 is 40.7 Å². The normalized spacial score (nSPS) is 17.6. The molecule has 0 N–H and O–H groups in total. The molecule has 1 saturated heterocycles. The minimum Gasteiger partial charge on any atom is -0.285 e. The lowest BCUT2D eigenvalue weighted by molar-refractivity contribution is -0.123. The molecule has 0 atom stereocenters. The van der Waals surface area contributed by atoms with Crippen LogP contribution < -0.4 is 0 Å². The van der Waals surface area contributed by atoms with Crippen LogP contribution >= 0.6 is 23.4 Å². The molecule has 0 bridgehead atoms. The first kappa shape index (κ1) is 13.8. The molecule has 1 fully saturated rings. The zero-order valence-corrected chi connectivity index (χ0v) is 11.7. The first-order chi connectivity index (χ1) is 9.20. The number of amidine groups is 1. The number of hydrogen-bond donors (Lipinski definition) is 0. The van der Waals surface area contributed by atoms with Crippen molar-refractivity contribution in [2.45, 2.75) is 0 Å². The molecule has 1 aliphatic heterocycles. The van der Waals surface area contributed by atoms with Gasteiger partial charge in [-0.2, -0.15) is 5.10 Å². The fourth-order valence-electron chi connectivity index (χ4n) is 1.51. The van der Waals surface area contributed by atoms with E-state index >= 15 is 0 Å². The summed E-state index contributed by atoms with van der Waals surface area (Å²) in [6.45, 7) is 4.08. The number of halogens is 1. The van der Waals surface area contributed by atoms with Gasteiger partial charge in [-0.1, -0.05) is 41.6 Å². The van der Waals surface area contributed by atoms with Crippen LogP contribution in [0.5, 0.6) is 0 Å². The lowest BCUT2D eigenvalue weighted by atomic mass is 10.2. The van der Waals surface area contributed by atoms with Gasteiger partial charge in [-0.25, -0.2) is 0 Å². The number of carbonyl (C=O) groups is 1. The predicted molar refractivity (Wildman–Crippen MR) is 80.8 cm³/mol. The third-order valence-corrected chi connectivity index (χ3v) is 3.55. The predicted octanol–water partition coefficient (Wildman–Crippen LogP) is 2.79. The molecule has 1 amide bonds. The molecule has 1 aliphatic rings. The quantitative estimate of drug-likeness (QED) is 0.487. The molecule has 4 nitrogen and oxygen atoms in total. The fourth-order valence-corrected chi connectivity index (χ4v) is 2.56. The van der Waals surface area contributed by atoms with Crippen molar-refractivity contribution in [2.75, 3.05) is 12.3 Å². The third kappa shape index (κ3) is 3.68. The van der Waals surface area contributed by atoms with Gasteiger partial charge < -0.3 is 0 Å². The molecule has 0 unspecified atom stereocenters. The minimum absolute atomic E-state index is 0.0293. The highest BCUT2D eigenvalue weighted by Crippen LogP contribution is 2.19. The highest BCUT2D eigenvalue weighted by atomic mass is 35.5. The lowest BCUT2D eigenvalue weighted by Crippen LogP contribution is -2.29. The van der Waals surface area contributed by atoms with E-state index in [-0.39, 0.29) is 5.91 Å². The number of rotatable bonds is 4. The summed E-state index contributed by atoms with van der Waals surface area (Å²) in [5.74, 6) is 0.431. The summed E-state index contributed by atoms with van der Waals surface area (Å²) >= 11 is 7.24. The van der Waals surface area contributed by atoms with Gasteiger partial charge in [-0.05, 0) is 17.7 Å². The molecule has 0 aliphatic carbocycles. The van der Waals surface area contributed by atoms with E-state index in [4.69, 9.17) is 11.6 Å². The van der Waals surface area contributed by atoms with Gasteiger partial charge in [0, 0.05) is 11.6 Å². The van der Waals surface area contributed by atoms with Crippen molar-refractivity contribution < 1.29 is 4.79 Å². The Bertz CT molecular complexity index is 557. The van der Waals surface area contributed by atoms with Gasteiger partial charge in [0.15, 0.2) is 5.17 Å². The highest BCUT2D eigenvalue weighted by Gasteiger charge is 2.26. The van der Waals surface area contributed by atoms with E-state index in [0.717, 1.165) is 5.56 Å². The van der Waals surface area contributed by atoms with Crippen LogP contribution in [-0.4, -0.2) is 34.5 Å². The van der Waals surface area contributed by atoms with Crippen molar-refractivity contribution in [1.82, 2.24) is 4.90 Å². The van der Waals surface area contributed by atoms with Crippen LogP contribution in [0.1, 0.15) is 5.56 Å². The van der Waals surface area contributed by atoms with E-state index in [1.54, 1.807) is 29.3 Å².